The van der Waals surface area contributed by atoms with Crippen LogP contribution in [0, 0.1) is 12.8 Å². The standard InChI is InChI=1S/C22H28N2O3/c1-3-13-23(22(26)19-10-11-19)16-21(25)24(14-18-7-5-4-6-8-18)15-20-12-9-17(2)27-20/h4-9,12,19H,3,10-11,13-16H2,1-2H3. The van der Waals surface area contributed by atoms with Crippen molar-refractivity contribution in [1.29, 1.82) is 0 Å². The Kier molecular flexibility index (Phi) is 6.32. The van der Waals surface area contributed by atoms with Gasteiger partial charge in [-0.3, -0.25) is 9.59 Å². The van der Waals surface area contributed by atoms with Crippen LogP contribution in [0.2, 0.25) is 0 Å². The van der Waals surface area contributed by atoms with E-state index in [1.54, 1.807) is 9.80 Å². The second kappa shape index (κ2) is 8.89. The van der Waals surface area contributed by atoms with Crippen LogP contribution in [0.25, 0.3) is 0 Å². The largest absolute Gasteiger partial charge is 0.464 e. The monoisotopic (exact) mass is 368 g/mol. The molecule has 0 atom stereocenters. The van der Waals surface area contributed by atoms with Crippen molar-refractivity contribution < 1.29 is 14.0 Å². The highest BCUT2D eigenvalue weighted by molar-refractivity contribution is 5.87. The van der Waals surface area contributed by atoms with E-state index in [1.165, 1.54) is 0 Å². The van der Waals surface area contributed by atoms with Gasteiger partial charge in [-0.05, 0) is 43.9 Å². The lowest BCUT2D eigenvalue weighted by Gasteiger charge is -2.27. The van der Waals surface area contributed by atoms with E-state index in [9.17, 15) is 9.59 Å². The normalized spacial score (nSPS) is 13.4. The minimum Gasteiger partial charge on any atom is -0.464 e. The van der Waals surface area contributed by atoms with E-state index in [2.05, 4.69) is 0 Å². The highest BCUT2D eigenvalue weighted by Gasteiger charge is 2.34. The van der Waals surface area contributed by atoms with Crippen LogP contribution < -0.4 is 0 Å². The maximum atomic E-state index is 13.1. The summed E-state index contributed by atoms with van der Waals surface area (Å²) in [7, 11) is 0. The van der Waals surface area contributed by atoms with E-state index in [1.807, 2.05) is 56.3 Å². The Morgan fingerprint density at radius 2 is 1.78 bits per heavy atom. The molecule has 2 amide bonds. The molecule has 27 heavy (non-hydrogen) atoms. The molecule has 1 aromatic carbocycles. The van der Waals surface area contributed by atoms with Crippen LogP contribution in [0.3, 0.4) is 0 Å². The van der Waals surface area contributed by atoms with Gasteiger partial charge in [0.25, 0.3) is 0 Å². The van der Waals surface area contributed by atoms with E-state index in [0.29, 0.717) is 19.6 Å². The van der Waals surface area contributed by atoms with Gasteiger partial charge in [-0.1, -0.05) is 37.3 Å². The van der Waals surface area contributed by atoms with E-state index < -0.39 is 0 Å². The number of hydrogen-bond acceptors (Lipinski definition) is 3. The van der Waals surface area contributed by atoms with E-state index >= 15 is 0 Å². The summed E-state index contributed by atoms with van der Waals surface area (Å²) >= 11 is 0. The molecule has 0 spiro atoms. The quantitative estimate of drug-likeness (QED) is 0.677. The lowest BCUT2D eigenvalue weighted by atomic mass is 10.2. The van der Waals surface area contributed by atoms with Crippen LogP contribution in [0.4, 0.5) is 0 Å². The zero-order chi connectivity index (χ0) is 19.2. The average molecular weight is 368 g/mol. The number of carbonyl (C=O) groups excluding carboxylic acids is 2. The third kappa shape index (κ3) is 5.46. The summed E-state index contributed by atoms with van der Waals surface area (Å²) in [5.74, 6) is 1.79. The molecule has 5 heteroatoms. The summed E-state index contributed by atoms with van der Waals surface area (Å²) in [4.78, 5) is 29.1. The highest BCUT2D eigenvalue weighted by atomic mass is 16.3. The van der Waals surface area contributed by atoms with Crippen molar-refractivity contribution in [3.8, 4) is 0 Å². The van der Waals surface area contributed by atoms with Crippen LogP contribution in [-0.4, -0.2) is 34.7 Å². The molecule has 0 radical (unpaired) electrons. The van der Waals surface area contributed by atoms with Gasteiger partial charge in [-0.2, -0.15) is 0 Å². The molecule has 0 bridgehead atoms. The number of carbonyl (C=O) groups is 2. The number of hydrogen-bond donors (Lipinski definition) is 0. The van der Waals surface area contributed by atoms with Crippen molar-refractivity contribution in [2.75, 3.05) is 13.1 Å². The Morgan fingerprint density at radius 3 is 2.37 bits per heavy atom. The minimum absolute atomic E-state index is 0.0460. The molecular weight excluding hydrogens is 340 g/mol. The molecule has 3 rings (SSSR count). The highest BCUT2D eigenvalue weighted by Crippen LogP contribution is 2.31. The maximum Gasteiger partial charge on any atom is 0.242 e. The molecule has 0 saturated heterocycles. The topological polar surface area (TPSA) is 53.8 Å². The fraction of sp³-hybridized carbons (Fsp3) is 0.455. The Balaban J connectivity index is 1.72. The lowest BCUT2D eigenvalue weighted by Crippen LogP contribution is -2.43. The Morgan fingerprint density at radius 1 is 1.04 bits per heavy atom. The summed E-state index contributed by atoms with van der Waals surface area (Å²) in [6.07, 6.45) is 2.75. The second-order valence-corrected chi connectivity index (χ2v) is 7.28. The van der Waals surface area contributed by atoms with Gasteiger partial charge in [0.2, 0.25) is 11.8 Å². The van der Waals surface area contributed by atoms with Crippen LogP contribution in [0.15, 0.2) is 46.9 Å². The zero-order valence-corrected chi connectivity index (χ0v) is 16.2. The molecule has 0 aliphatic heterocycles. The number of amides is 2. The zero-order valence-electron chi connectivity index (χ0n) is 16.2. The Hall–Kier alpha value is -2.56. The van der Waals surface area contributed by atoms with Crippen LogP contribution >= 0.6 is 0 Å². The van der Waals surface area contributed by atoms with Crippen molar-refractivity contribution in [3.05, 3.63) is 59.5 Å². The summed E-state index contributed by atoms with van der Waals surface area (Å²) in [5, 5.41) is 0. The second-order valence-electron chi connectivity index (χ2n) is 7.28. The molecule has 144 valence electrons. The third-order valence-corrected chi connectivity index (χ3v) is 4.77. The Labute approximate surface area is 160 Å². The molecule has 1 aliphatic carbocycles. The summed E-state index contributed by atoms with van der Waals surface area (Å²) in [6, 6.07) is 13.7. The van der Waals surface area contributed by atoms with Gasteiger partial charge < -0.3 is 14.2 Å². The van der Waals surface area contributed by atoms with Gasteiger partial charge in [0, 0.05) is 19.0 Å². The predicted octanol–water partition coefficient (Wildman–Crippen LogP) is 3.77. The molecular formula is C22H28N2O3. The first-order valence-electron chi connectivity index (χ1n) is 9.72. The minimum atomic E-state index is -0.0460. The first-order valence-corrected chi connectivity index (χ1v) is 9.72. The third-order valence-electron chi connectivity index (χ3n) is 4.77. The SMILES string of the molecule is CCCN(CC(=O)N(Cc1ccccc1)Cc1ccc(C)o1)C(=O)C1CC1. The molecule has 2 aromatic rings. The summed E-state index contributed by atoms with van der Waals surface area (Å²) in [5.41, 5.74) is 1.06. The van der Waals surface area contributed by atoms with Crippen molar-refractivity contribution in [3.63, 3.8) is 0 Å². The van der Waals surface area contributed by atoms with Crippen LogP contribution in [0.5, 0.6) is 0 Å². The van der Waals surface area contributed by atoms with E-state index in [4.69, 9.17) is 4.42 Å². The van der Waals surface area contributed by atoms with Gasteiger partial charge in [0.05, 0.1) is 13.1 Å². The van der Waals surface area contributed by atoms with E-state index in [-0.39, 0.29) is 24.3 Å². The molecule has 1 heterocycles. The summed E-state index contributed by atoms with van der Waals surface area (Å²) < 4.78 is 5.68. The first-order chi connectivity index (χ1) is 13.1. The Bertz CT molecular complexity index is 765. The van der Waals surface area contributed by atoms with Gasteiger partial charge in [-0.15, -0.1) is 0 Å². The first kappa shape index (κ1) is 19.2. The van der Waals surface area contributed by atoms with Crippen molar-refractivity contribution in [2.24, 2.45) is 5.92 Å². The van der Waals surface area contributed by atoms with Gasteiger partial charge in [0.1, 0.15) is 11.5 Å². The number of furan rings is 1. The molecule has 5 nitrogen and oxygen atoms in total. The average Bonchev–Trinajstić information content (AvgIpc) is 3.43. The van der Waals surface area contributed by atoms with Crippen LogP contribution in [0.1, 0.15) is 43.3 Å². The van der Waals surface area contributed by atoms with Gasteiger partial charge >= 0.3 is 0 Å². The molecule has 1 aliphatic rings. The maximum absolute atomic E-state index is 13.1. The van der Waals surface area contributed by atoms with Gasteiger partial charge in [-0.25, -0.2) is 0 Å². The van der Waals surface area contributed by atoms with Crippen LogP contribution in [-0.2, 0) is 22.7 Å². The molecule has 1 fully saturated rings. The molecule has 1 aromatic heterocycles. The van der Waals surface area contributed by atoms with E-state index in [0.717, 1.165) is 36.3 Å². The van der Waals surface area contributed by atoms with Crippen molar-refractivity contribution in [2.45, 2.75) is 46.2 Å². The number of benzene rings is 1. The van der Waals surface area contributed by atoms with Crippen molar-refractivity contribution >= 4 is 11.8 Å². The van der Waals surface area contributed by atoms with Crippen molar-refractivity contribution in [1.82, 2.24) is 9.80 Å². The number of aryl methyl sites for hydroxylation is 1. The summed E-state index contributed by atoms with van der Waals surface area (Å²) in [6.45, 7) is 5.58. The predicted molar refractivity (Wildman–Crippen MR) is 104 cm³/mol. The lowest BCUT2D eigenvalue weighted by molar-refractivity contribution is -0.142. The van der Waals surface area contributed by atoms with Gasteiger partial charge in [0.15, 0.2) is 0 Å². The number of rotatable bonds is 9. The smallest absolute Gasteiger partial charge is 0.242 e. The fourth-order valence-electron chi connectivity index (χ4n) is 3.18. The molecule has 0 N–H and O–H groups in total. The number of nitrogens with zero attached hydrogens (tertiary/aromatic N) is 2. The molecule has 1 saturated carbocycles. The fourth-order valence-corrected chi connectivity index (χ4v) is 3.18. The molecule has 0 unspecified atom stereocenters.